The van der Waals surface area contributed by atoms with Gasteiger partial charge in [0.1, 0.15) is 36.2 Å². The highest BCUT2D eigenvalue weighted by atomic mass is 16.7. The van der Waals surface area contributed by atoms with Crippen molar-refractivity contribution in [3.05, 3.63) is 102 Å². The predicted molar refractivity (Wildman–Crippen MR) is 224 cm³/mol. The lowest BCUT2D eigenvalue weighted by atomic mass is 9.55. The molecule has 60 heavy (non-hydrogen) atoms. The van der Waals surface area contributed by atoms with Gasteiger partial charge >= 0.3 is 0 Å². The second-order valence-electron chi connectivity index (χ2n) is 16.4. The van der Waals surface area contributed by atoms with Crippen LogP contribution in [0.25, 0.3) is 0 Å². The molecule has 3 aromatic carbocycles. The molecule has 2 fully saturated rings. The zero-order chi connectivity index (χ0) is 41.6. The van der Waals surface area contributed by atoms with Crippen molar-refractivity contribution >= 4 is 17.9 Å². The Bertz CT molecular complexity index is 2100. The summed E-state index contributed by atoms with van der Waals surface area (Å²) in [7, 11) is 0. The van der Waals surface area contributed by atoms with Crippen molar-refractivity contribution in [1.29, 1.82) is 0 Å². The van der Waals surface area contributed by atoms with E-state index in [0.717, 1.165) is 67.2 Å². The van der Waals surface area contributed by atoms with E-state index < -0.39 is 17.7 Å². The summed E-state index contributed by atoms with van der Waals surface area (Å²) in [6, 6.07) is 18.1. The molecule has 8 rings (SSSR count). The number of benzene rings is 3. The van der Waals surface area contributed by atoms with E-state index in [1.807, 2.05) is 54.3 Å². The maximum absolute atomic E-state index is 14.8. The molecule has 12 nitrogen and oxygen atoms in total. The van der Waals surface area contributed by atoms with Crippen LogP contribution in [0.5, 0.6) is 28.7 Å². The number of aliphatic hydroxyl groups is 2. The molecule has 2 heterocycles. The Hall–Kier alpha value is -5.17. The summed E-state index contributed by atoms with van der Waals surface area (Å²) < 4.78 is 32.4. The SMILES string of the molecule is C=CCO[C@@]12Oc3ccc(Oc4cccc(C=O)c4)cc3[C@H]3[C@H](CCCCO)[C@@H](CCCCO)C=C(C(=NOCC)C[C@@H]1N(Cc1ccc4c(c1)OCO4)C(=O)C1CC1)[C@H]32. The molecule has 1 amide bonds. The van der Waals surface area contributed by atoms with E-state index in [1.54, 1.807) is 24.3 Å². The van der Waals surface area contributed by atoms with Gasteiger partial charge in [0, 0.05) is 49.1 Å². The minimum atomic E-state index is -1.38. The van der Waals surface area contributed by atoms with Crippen LogP contribution >= 0.6 is 0 Å². The highest BCUT2D eigenvalue weighted by Gasteiger charge is 2.66. The lowest BCUT2D eigenvalue weighted by molar-refractivity contribution is -0.258. The van der Waals surface area contributed by atoms with Gasteiger partial charge in [-0.3, -0.25) is 9.59 Å². The van der Waals surface area contributed by atoms with Crippen LogP contribution in [0.3, 0.4) is 0 Å². The molecule has 0 bridgehead atoms. The standard InChI is InChI=1S/C48H56N2O10/c1-3-22-57-48-44(50(47(54)33-15-16-33)28-31-14-18-42-43(24-31)56-30-55-42)27-40(49-58-4-2)38-25-34(11-5-7-20-51)37(13-6-8-21-52)45(46(38)48)39-26-36(17-19-41(39)60-48)59-35-12-9-10-32(23-35)29-53/h3,9-10,12,14,17-19,23-26,29,33-34,37,44-46,51-52H,1,4-8,11,13,15-16,20-22,27-28,30H2,2H3/t34-,37+,44-,45+,46+,48+/m0/s1. The van der Waals surface area contributed by atoms with Crippen LogP contribution in [0, 0.1) is 23.7 Å². The molecule has 0 saturated heterocycles. The molecule has 0 aromatic heterocycles. The van der Waals surface area contributed by atoms with Crippen LogP contribution in [-0.2, 0) is 20.9 Å². The van der Waals surface area contributed by atoms with Crippen molar-refractivity contribution in [2.24, 2.45) is 28.8 Å². The summed E-state index contributed by atoms with van der Waals surface area (Å²) in [5, 5.41) is 24.7. The number of hydrogen-bond acceptors (Lipinski definition) is 11. The number of carbonyl (C=O) groups is 2. The lowest BCUT2D eigenvalue weighted by Gasteiger charge is -2.60. The topological polar surface area (TPSA) is 146 Å². The second kappa shape index (κ2) is 18.6. The van der Waals surface area contributed by atoms with E-state index in [9.17, 15) is 19.8 Å². The first kappa shape index (κ1) is 41.6. The maximum atomic E-state index is 14.8. The number of ether oxygens (including phenoxy) is 5. The summed E-state index contributed by atoms with van der Waals surface area (Å²) >= 11 is 0. The van der Waals surface area contributed by atoms with Crippen molar-refractivity contribution < 1.29 is 48.3 Å². The van der Waals surface area contributed by atoms with Crippen molar-refractivity contribution in [1.82, 2.24) is 4.90 Å². The van der Waals surface area contributed by atoms with Gasteiger partial charge in [-0.05, 0) is 111 Å². The van der Waals surface area contributed by atoms with Gasteiger partial charge in [0.25, 0.3) is 0 Å². The first-order valence-corrected chi connectivity index (χ1v) is 21.5. The van der Waals surface area contributed by atoms with E-state index in [2.05, 4.69) is 12.7 Å². The average Bonchev–Trinajstić information content (AvgIpc) is 4.02. The lowest BCUT2D eigenvalue weighted by Crippen LogP contribution is -2.70. The molecule has 2 N–H and O–H groups in total. The van der Waals surface area contributed by atoms with Gasteiger partial charge in [-0.2, -0.15) is 0 Å². The van der Waals surface area contributed by atoms with Crippen LogP contribution in [0.4, 0.5) is 0 Å². The molecular formula is C48H56N2O10. The van der Waals surface area contributed by atoms with E-state index in [0.29, 0.717) is 60.2 Å². The number of aldehydes is 1. The summed E-state index contributed by atoms with van der Waals surface area (Å²) in [6.07, 6.45) is 11.4. The molecular weight excluding hydrogens is 765 g/mol. The molecule has 0 unspecified atom stereocenters. The maximum Gasteiger partial charge on any atom is 0.239 e. The monoisotopic (exact) mass is 820 g/mol. The molecule has 3 aromatic rings. The molecule has 5 aliphatic rings. The number of unbranched alkanes of at least 4 members (excludes halogenated alkanes) is 2. The highest BCUT2D eigenvalue weighted by Crippen LogP contribution is 2.62. The first-order chi connectivity index (χ1) is 29.4. The molecule has 318 valence electrons. The van der Waals surface area contributed by atoms with E-state index in [1.165, 1.54) is 0 Å². The number of fused-ring (bicyclic) bond motifs is 3. The number of amides is 1. The summed E-state index contributed by atoms with van der Waals surface area (Å²) in [6.45, 7) is 7.11. The number of nitrogens with zero attached hydrogens (tertiary/aromatic N) is 2. The van der Waals surface area contributed by atoms with Crippen LogP contribution in [0.15, 0.2) is 90.1 Å². The first-order valence-electron chi connectivity index (χ1n) is 21.5. The van der Waals surface area contributed by atoms with Crippen LogP contribution in [-0.4, -0.2) is 78.1 Å². The molecule has 2 saturated carbocycles. The molecule has 6 atom stereocenters. The van der Waals surface area contributed by atoms with Gasteiger partial charge in [0.05, 0.1) is 18.2 Å². The quantitative estimate of drug-likeness (QED) is 0.0496. The van der Waals surface area contributed by atoms with Gasteiger partial charge in [0.2, 0.25) is 18.5 Å². The Morgan fingerprint density at radius 3 is 2.52 bits per heavy atom. The predicted octanol–water partition coefficient (Wildman–Crippen LogP) is 8.11. The third-order valence-electron chi connectivity index (χ3n) is 12.6. The average molecular weight is 821 g/mol. The minimum absolute atomic E-state index is 0.0341. The highest BCUT2D eigenvalue weighted by molar-refractivity contribution is 6.03. The van der Waals surface area contributed by atoms with Crippen LogP contribution in [0.2, 0.25) is 0 Å². The van der Waals surface area contributed by atoms with Gasteiger partial charge in [-0.15, -0.1) is 6.58 Å². The van der Waals surface area contributed by atoms with Gasteiger partial charge < -0.3 is 43.6 Å². The molecule has 0 radical (unpaired) electrons. The zero-order valence-electron chi connectivity index (χ0n) is 34.3. The zero-order valence-corrected chi connectivity index (χ0v) is 34.3. The Morgan fingerprint density at radius 2 is 1.75 bits per heavy atom. The minimum Gasteiger partial charge on any atom is -0.459 e. The number of allylic oxidation sites excluding steroid dienone is 1. The number of aliphatic hydroxyl groups excluding tert-OH is 2. The molecule has 12 heteroatoms. The third-order valence-corrected chi connectivity index (χ3v) is 12.6. The van der Waals surface area contributed by atoms with Gasteiger partial charge in [0.15, 0.2) is 11.5 Å². The van der Waals surface area contributed by atoms with Crippen LogP contribution in [0.1, 0.15) is 92.1 Å². The Labute approximate surface area is 351 Å². The van der Waals surface area contributed by atoms with Crippen molar-refractivity contribution in [3.8, 4) is 28.7 Å². The van der Waals surface area contributed by atoms with E-state index in [4.69, 9.17) is 33.7 Å². The third kappa shape index (κ3) is 8.42. The smallest absolute Gasteiger partial charge is 0.239 e. The number of oxime groups is 1. The van der Waals surface area contributed by atoms with Crippen molar-refractivity contribution in [2.75, 3.05) is 33.2 Å². The summed E-state index contributed by atoms with van der Waals surface area (Å²) in [4.78, 5) is 34.3. The van der Waals surface area contributed by atoms with E-state index in [-0.39, 0.29) is 62.7 Å². The second-order valence-corrected chi connectivity index (χ2v) is 16.4. The van der Waals surface area contributed by atoms with Crippen LogP contribution < -0.4 is 18.9 Å². The fourth-order valence-electron chi connectivity index (χ4n) is 9.78. The van der Waals surface area contributed by atoms with Gasteiger partial charge in [-0.1, -0.05) is 48.3 Å². The van der Waals surface area contributed by atoms with Crippen molar-refractivity contribution in [2.45, 2.75) is 89.0 Å². The summed E-state index contributed by atoms with van der Waals surface area (Å²) in [5.74, 6) is 1.09. The fourth-order valence-corrected chi connectivity index (χ4v) is 9.78. The van der Waals surface area contributed by atoms with Gasteiger partial charge in [-0.25, -0.2) is 0 Å². The Morgan fingerprint density at radius 1 is 0.967 bits per heavy atom. The molecule has 3 aliphatic carbocycles. The molecule has 2 aliphatic heterocycles. The Kier molecular flexibility index (Phi) is 12.9. The fraction of sp³-hybridized carbons (Fsp3) is 0.479. The number of rotatable bonds is 20. The normalized spacial score (nSPS) is 25.4. The largest absolute Gasteiger partial charge is 0.459 e. The number of hydrogen-bond donors (Lipinski definition) is 2. The molecule has 0 spiro atoms. The number of carbonyl (C=O) groups excluding carboxylic acids is 2. The Balaban J connectivity index is 1.32. The summed E-state index contributed by atoms with van der Waals surface area (Å²) in [5.41, 5.74) is 4.06. The van der Waals surface area contributed by atoms with Crippen molar-refractivity contribution in [3.63, 3.8) is 0 Å². The van der Waals surface area contributed by atoms with E-state index >= 15 is 0 Å².